The summed E-state index contributed by atoms with van der Waals surface area (Å²) in [6, 6.07) is 0. The van der Waals surface area contributed by atoms with Crippen LogP contribution in [0, 0.1) is 0 Å². The summed E-state index contributed by atoms with van der Waals surface area (Å²) in [5.74, 6) is 3.09. The van der Waals surface area contributed by atoms with Gasteiger partial charge >= 0.3 is 0 Å². The molecule has 0 aliphatic carbocycles. The van der Waals surface area contributed by atoms with Gasteiger partial charge in [-0.15, -0.1) is 0 Å². The second-order valence-corrected chi connectivity index (χ2v) is 4.87. The second-order valence-electron chi connectivity index (χ2n) is 4.87. The average Bonchev–Trinajstić information content (AvgIpc) is 2.94. The number of nitrogens with one attached hydrogen (secondary N) is 1. The molecule has 0 amide bonds. The van der Waals surface area contributed by atoms with E-state index in [0.717, 1.165) is 50.1 Å². The smallest absolute Gasteiger partial charge is 0.137 e. The lowest BCUT2D eigenvalue weighted by Crippen LogP contribution is -2.35. The van der Waals surface area contributed by atoms with Crippen molar-refractivity contribution in [1.29, 1.82) is 0 Å². The third-order valence-corrected chi connectivity index (χ3v) is 3.66. The Morgan fingerprint density at radius 1 is 1.20 bits per heavy atom. The molecule has 0 radical (unpaired) electrons. The highest BCUT2D eigenvalue weighted by Gasteiger charge is 2.21. The third kappa shape index (κ3) is 2.21. The van der Waals surface area contributed by atoms with Crippen molar-refractivity contribution in [2.45, 2.75) is 33.4 Å². The van der Waals surface area contributed by atoms with E-state index >= 15 is 0 Å². The van der Waals surface area contributed by atoms with Crippen LogP contribution in [0.1, 0.15) is 25.2 Å². The van der Waals surface area contributed by atoms with Crippen molar-refractivity contribution in [1.82, 2.24) is 19.5 Å². The van der Waals surface area contributed by atoms with Crippen LogP contribution < -0.4 is 10.2 Å². The number of aromatic nitrogens is 4. The molecule has 1 aliphatic rings. The Labute approximate surface area is 118 Å². The van der Waals surface area contributed by atoms with Crippen molar-refractivity contribution in [2.24, 2.45) is 0 Å². The van der Waals surface area contributed by atoms with E-state index < -0.39 is 0 Å². The molecule has 6 nitrogen and oxygen atoms in total. The SMILES string of the molecule is CCNc1ncnc(N2CCn3ccnc3C2)c1CC. The Bertz CT molecular complexity index is 591. The van der Waals surface area contributed by atoms with Gasteiger partial charge in [-0.2, -0.15) is 0 Å². The molecule has 0 spiro atoms. The molecule has 0 atom stereocenters. The summed E-state index contributed by atoms with van der Waals surface area (Å²) in [5, 5.41) is 3.32. The van der Waals surface area contributed by atoms with Crippen LogP contribution in [-0.2, 0) is 19.5 Å². The van der Waals surface area contributed by atoms with Gasteiger partial charge in [-0.1, -0.05) is 6.92 Å². The van der Waals surface area contributed by atoms with Crippen LogP contribution in [0.3, 0.4) is 0 Å². The van der Waals surface area contributed by atoms with E-state index in [2.05, 4.69) is 43.6 Å². The molecule has 6 heteroatoms. The molecule has 2 aromatic rings. The highest BCUT2D eigenvalue weighted by atomic mass is 15.3. The zero-order valence-corrected chi connectivity index (χ0v) is 12.0. The van der Waals surface area contributed by atoms with Crippen molar-refractivity contribution in [3.63, 3.8) is 0 Å². The van der Waals surface area contributed by atoms with E-state index in [4.69, 9.17) is 0 Å². The van der Waals surface area contributed by atoms with Crippen LogP contribution >= 0.6 is 0 Å². The minimum Gasteiger partial charge on any atom is -0.370 e. The molecule has 1 N–H and O–H groups in total. The normalized spacial score (nSPS) is 14.2. The van der Waals surface area contributed by atoms with Crippen molar-refractivity contribution in [2.75, 3.05) is 23.3 Å². The predicted molar refractivity (Wildman–Crippen MR) is 78.9 cm³/mol. The Balaban J connectivity index is 1.92. The molecule has 1 aliphatic heterocycles. The molecule has 0 unspecified atom stereocenters. The molecule has 2 aromatic heterocycles. The van der Waals surface area contributed by atoms with Crippen LogP contribution in [-0.4, -0.2) is 32.6 Å². The van der Waals surface area contributed by atoms with Gasteiger partial charge in [0.05, 0.1) is 6.54 Å². The maximum absolute atomic E-state index is 4.51. The molecule has 0 bridgehead atoms. The summed E-state index contributed by atoms with van der Waals surface area (Å²) in [5.41, 5.74) is 1.19. The lowest BCUT2D eigenvalue weighted by atomic mass is 10.2. The topological polar surface area (TPSA) is 58.9 Å². The van der Waals surface area contributed by atoms with E-state index in [1.165, 1.54) is 5.56 Å². The molecule has 0 fully saturated rings. The van der Waals surface area contributed by atoms with Crippen molar-refractivity contribution < 1.29 is 0 Å². The van der Waals surface area contributed by atoms with Gasteiger partial charge in [-0.05, 0) is 13.3 Å². The highest BCUT2D eigenvalue weighted by molar-refractivity contribution is 5.59. The monoisotopic (exact) mass is 272 g/mol. The van der Waals surface area contributed by atoms with E-state index in [-0.39, 0.29) is 0 Å². The lowest BCUT2D eigenvalue weighted by molar-refractivity contribution is 0.554. The van der Waals surface area contributed by atoms with Crippen LogP contribution in [0.4, 0.5) is 11.6 Å². The minimum absolute atomic E-state index is 0.808. The summed E-state index contributed by atoms with van der Waals surface area (Å²) in [6.45, 7) is 7.82. The predicted octanol–water partition coefficient (Wildman–Crippen LogP) is 1.69. The summed E-state index contributed by atoms with van der Waals surface area (Å²) in [4.78, 5) is 15.6. The van der Waals surface area contributed by atoms with Gasteiger partial charge in [0.15, 0.2) is 0 Å². The van der Waals surface area contributed by atoms with E-state index in [0.29, 0.717) is 0 Å². The quantitative estimate of drug-likeness (QED) is 0.917. The minimum atomic E-state index is 0.808. The summed E-state index contributed by atoms with van der Waals surface area (Å²) in [7, 11) is 0. The van der Waals surface area contributed by atoms with Crippen LogP contribution in [0.2, 0.25) is 0 Å². The van der Waals surface area contributed by atoms with Crippen LogP contribution in [0.25, 0.3) is 0 Å². The Morgan fingerprint density at radius 3 is 2.90 bits per heavy atom. The first-order valence-corrected chi connectivity index (χ1v) is 7.16. The van der Waals surface area contributed by atoms with Gasteiger partial charge < -0.3 is 14.8 Å². The zero-order valence-electron chi connectivity index (χ0n) is 12.0. The fourth-order valence-corrected chi connectivity index (χ4v) is 2.68. The first-order valence-electron chi connectivity index (χ1n) is 7.16. The Kier molecular flexibility index (Phi) is 3.54. The Morgan fingerprint density at radius 2 is 2.10 bits per heavy atom. The molecule has 0 aromatic carbocycles. The fourth-order valence-electron chi connectivity index (χ4n) is 2.68. The first-order chi connectivity index (χ1) is 9.83. The largest absolute Gasteiger partial charge is 0.370 e. The molecule has 0 saturated carbocycles. The number of imidazole rings is 1. The van der Waals surface area contributed by atoms with E-state index in [9.17, 15) is 0 Å². The van der Waals surface area contributed by atoms with E-state index in [1.54, 1.807) is 6.33 Å². The fraction of sp³-hybridized carbons (Fsp3) is 0.500. The van der Waals surface area contributed by atoms with Crippen LogP contribution in [0.15, 0.2) is 18.7 Å². The standard InChI is InChI=1S/C14H20N6/c1-3-11-13(15-4-2)17-10-18-14(11)20-8-7-19-6-5-16-12(19)9-20/h5-6,10H,3-4,7-9H2,1-2H3,(H,15,17,18). The summed E-state index contributed by atoms with van der Waals surface area (Å²) >= 11 is 0. The number of hydrogen-bond donors (Lipinski definition) is 1. The van der Waals surface area contributed by atoms with Crippen LogP contribution in [0.5, 0.6) is 0 Å². The first kappa shape index (κ1) is 12.9. The van der Waals surface area contributed by atoms with Gasteiger partial charge in [-0.25, -0.2) is 15.0 Å². The molecule has 20 heavy (non-hydrogen) atoms. The zero-order chi connectivity index (χ0) is 13.9. The lowest BCUT2D eigenvalue weighted by Gasteiger charge is -2.30. The number of hydrogen-bond acceptors (Lipinski definition) is 5. The Hall–Kier alpha value is -2.11. The van der Waals surface area contributed by atoms with Crippen molar-refractivity contribution >= 4 is 11.6 Å². The summed E-state index contributed by atoms with van der Waals surface area (Å²) < 4.78 is 2.20. The number of fused-ring (bicyclic) bond motifs is 1. The molecular formula is C14H20N6. The maximum Gasteiger partial charge on any atom is 0.137 e. The molecule has 3 heterocycles. The average molecular weight is 272 g/mol. The van der Waals surface area contributed by atoms with Gasteiger partial charge in [0, 0.05) is 37.6 Å². The molecule has 3 rings (SSSR count). The number of nitrogens with zero attached hydrogens (tertiary/aromatic N) is 5. The summed E-state index contributed by atoms with van der Waals surface area (Å²) in [6.07, 6.45) is 6.47. The molecule has 106 valence electrons. The van der Waals surface area contributed by atoms with Gasteiger partial charge in [-0.3, -0.25) is 0 Å². The van der Waals surface area contributed by atoms with Crippen molar-refractivity contribution in [3.8, 4) is 0 Å². The van der Waals surface area contributed by atoms with Gasteiger partial charge in [0.1, 0.15) is 23.8 Å². The van der Waals surface area contributed by atoms with Gasteiger partial charge in [0.25, 0.3) is 0 Å². The number of anilines is 2. The maximum atomic E-state index is 4.51. The second kappa shape index (κ2) is 5.48. The van der Waals surface area contributed by atoms with Crippen molar-refractivity contribution in [3.05, 3.63) is 30.1 Å². The molecular weight excluding hydrogens is 252 g/mol. The highest BCUT2D eigenvalue weighted by Crippen LogP contribution is 2.26. The van der Waals surface area contributed by atoms with E-state index in [1.807, 2.05) is 12.4 Å². The third-order valence-electron chi connectivity index (χ3n) is 3.66. The molecule has 0 saturated heterocycles. The number of rotatable bonds is 4. The van der Waals surface area contributed by atoms with Gasteiger partial charge in [0.2, 0.25) is 0 Å².